The number of hydrogen-bond donors (Lipinski definition) is 3. The summed E-state index contributed by atoms with van der Waals surface area (Å²) in [6.07, 6.45) is 0. The van der Waals surface area contributed by atoms with Crippen LogP contribution in [0.5, 0.6) is 0 Å². The number of primary amides is 1. The zero-order valence-corrected chi connectivity index (χ0v) is 15.6. The van der Waals surface area contributed by atoms with Crippen LogP contribution in [-0.4, -0.2) is 38.2 Å². The number of guanidine groups is 1. The van der Waals surface area contributed by atoms with Gasteiger partial charge in [-0.2, -0.15) is 0 Å². The molecule has 1 amide bonds. The van der Waals surface area contributed by atoms with E-state index in [1.807, 2.05) is 19.9 Å². The first-order valence-electron chi connectivity index (χ1n) is 6.99. The average molecular weight is 420 g/mol. The van der Waals surface area contributed by atoms with Crippen molar-refractivity contribution in [2.45, 2.75) is 26.4 Å². The van der Waals surface area contributed by atoms with Crippen LogP contribution in [0.1, 0.15) is 29.8 Å². The van der Waals surface area contributed by atoms with Gasteiger partial charge in [0.25, 0.3) is 0 Å². The summed E-state index contributed by atoms with van der Waals surface area (Å²) < 4.78 is 5.09. The molecule has 0 saturated carbocycles. The van der Waals surface area contributed by atoms with Crippen LogP contribution in [0.2, 0.25) is 0 Å². The second-order valence-electron chi connectivity index (χ2n) is 4.76. The molecule has 1 unspecified atom stereocenters. The number of carbonyl (C=O) groups excluding carboxylic acids is 1. The van der Waals surface area contributed by atoms with E-state index >= 15 is 0 Å². The fourth-order valence-electron chi connectivity index (χ4n) is 1.84. The molecule has 1 atom stereocenters. The molecule has 0 aliphatic heterocycles. The molecule has 0 fully saturated rings. The molecule has 4 N–H and O–H groups in total. The maximum Gasteiger partial charge on any atom is 0.248 e. The highest BCUT2D eigenvalue weighted by Gasteiger charge is 2.05. The summed E-state index contributed by atoms with van der Waals surface area (Å²) >= 11 is 0. The van der Waals surface area contributed by atoms with E-state index in [4.69, 9.17) is 10.5 Å². The van der Waals surface area contributed by atoms with E-state index in [9.17, 15) is 4.79 Å². The maximum atomic E-state index is 11.2. The number of hydrogen-bond acceptors (Lipinski definition) is 3. The minimum Gasteiger partial charge on any atom is -0.383 e. The van der Waals surface area contributed by atoms with E-state index in [1.54, 1.807) is 25.3 Å². The van der Waals surface area contributed by atoms with Gasteiger partial charge in [-0.1, -0.05) is 12.1 Å². The molecular weight excluding hydrogens is 395 g/mol. The zero-order valence-electron chi connectivity index (χ0n) is 13.3. The number of halogens is 1. The fourth-order valence-corrected chi connectivity index (χ4v) is 1.84. The van der Waals surface area contributed by atoms with Crippen LogP contribution in [-0.2, 0) is 11.3 Å². The molecule has 1 aromatic rings. The Bertz CT molecular complexity index is 494. The molecular formula is C15H25IN4O2. The summed E-state index contributed by atoms with van der Waals surface area (Å²) in [6.45, 7) is 5.86. The number of rotatable bonds is 7. The van der Waals surface area contributed by atoms with E-state index in [1.165, 1.54) is 0 Å². The van der Waals surface area contributed by atoms with Gasteiger partial charge >= 0.3 is 0 Å². The van der Waals surface area contributed by atoms with Crippen LogP contribution in [0.4, 0.5) is 0 Å². The van der Waals surface area contributed by atoms with Crippen molar-refractivity contribution in [1.82, 2.24) is 10.6 Å². The lowest BCUT2D eigenvalue weighted by molar-refractivity contribution is 0.1000. The summed E-state index contributed by atoms with van der Waals surface area (Å²) in [5.41, 5.74) is 6.70. The Labute approximate surface area is 148 Å². The molecule has 1 aromatic carbocycles. The Morgan fingerprint density at radius 3 is 2.77 bits per heavy atom. The number of amides is 1. The summed E-state index contributed by atoms with van der Waals surface area (Å²) in [4.78, 5) is 15.7. The predicted octanol–water partition coefficient (Wildman–Crippen LogP) is 1.49. The lowest BCUT2D eigenvalue weighted by atomic mass is 10.1. The molecule has 0 aliphatic carbocycles. The Balaban J connectivity index is 0.00000441. The highest BCUT2D eigenvalue weighted by atomic mass is 127. The minimum absolute atomic E-state index is 0. The average Bonchev–Trinajstić information content (AvgIpc) is 2.45. The minimum atomic E-state index is -0.431. The van der Waals surface area contributed by atoms with Crippen molar-refractivity contribution in [1.29, 1.82) is 0 Å². The van der Waals surface area contributed by atoms with Crippen molar-refractivity contribution in [3.63, 3.8) is 0 Å². The summed E-state index contributed by atoms with van der Waals surface area (Å²) in [6, 6.07) is 7.33. The fraction of sp³-hybridized carbons (Fsp3) is 0.467. The first kappa shape index (κ1) is 20.6. The monoisotopic (exact) mass is 420 g/mol. The zero-order chi connectivity index (χ0) is 15.7. The first-order valence-corrected chi connectivity index (χ1v) is 6.99. The summed E-state index contributed by atoms with van der Waals surface area (Å²) in [7, 11) is 1.66. The van der Waals surface area contributed by atoms with Crippen molar-refractivity contribution in [2.75, 3.05) is 20.3 Å². The van der Waals surface area contributed by atoms with Gasteiger partial charge in [0.1, 0.15) is 0 Å². The molecule has 0 aliphatic rings. The smallest absolute Gasteiger partial charge is 0.248 e. The first-order chi connectivity index (χ1) is 10.1. The topological polar surface area (TPSA) is 88.7 Å². The van der Waals surface area contributed by atoms with E-state index in [0.717, 1.165) is 12.1 Å². The summed E-state index contributed by atoms with van der Waals surface area (Å²) in [5, 5.41) is 6.42. The molecule has 0 bridgehead atoms. The number of nitrogens with zero attached hydrogens (tertiary/aromatic N) is 1. The second kappa shape index (κ2) is 11.2. The quantitative estimate of drug-likeness (QED) is 0.354. The molecule has 7 heteroatoms. The maximum absolute atomic E-state index is 11.2. The molecule has 1 rings (SSSR count). The van der Waals surface area contributed by atoms with Gasteiger partial charge in [0.15, 0.2) is 5.96 Å². The van der Waals surface area contributed by atoms with Crippen molar-refractivity contribution in [3.8, 4) is 0 Å². The second-order valence-corrected chi connectivity index (χ2v) is 4.76. The van der Waals surface area contributed by atoms with E-state index in [0.29, 0.717) is 24.7 Å². The van der Waals surface area contributed by atoms with Crippen LogP contribution < -0.4 is 16.4 Å². The number of methoxy groups -OCH3 is 1. The van der Waals surface area contributed by atoms with Gasteiger partial charge in [0.2, 0.25) is 5.91 Å². The van der Waals surface area contributed by atoms with E-state index in [2.05, 4.69) is 15.6 Å². The van der Waals surface area contributed by atoms with Crippen LogP contribution in [0.3, 0.4) is 0 Å². The third-order valence-electron chi connectivity index (χ3n) is 2.78. The lowest BCUT2D eigenvalue weighted by Crippen LogP contribution is -2.43. The number of benzene rings is 1. The molecule has 124 valence electrons. The van der Waals surface area contributed by atoms with E-state index < -0.39 is 5.91 Å². The molecule has 22 heavy (non-hydrogen) atoms. The van der Waals surface area contributed by atoms with Gasteiger partial charge in [-0.15, -0.1) is 24.0 Å². The van der Waals surface area contributed by atoms with Crippen LogP contribution in [0.15, 0.2) is 29.3 Å². The van der Waals surface area contributed by atoms with Gasteiger partial charge in [0.05, 0.1) is 13.2 Å². The van der Waals surface area contributed by atoms with Gasteiger partial charge in [-0.25, -0.2) is 4.99 Å². The number of aliphatic imine (C=N–C) groups is 1. The van der Waals surface area contributed by atoms with Gasteiger partial charge in [-0.05, 0) is 31.5 Å². The number of nitrogens with one attached hydrogen (secondary N) is 2. The highest BCUT2D eigenvalue weighted by molar-refractivity contribution is 14.0. The van der Waals surface area contributed by atoms with Crippen molar-refractivity contribution in [2.24, 2.45) is 10.7 Å². The normalized spacial score (nSPS) is 12.2. The largest absolute Gasteiger partial charge is 0.383 e. The lowest BCUT2D eigenvalue weighted by Gasteiger charge is -2.17. The van der Waals surface area contributed by atoms with Crippen LogP contribution in [0, 0.1) is 0 Å². The molecule has 0 spiro atoms. The standard InChI is InChI=1S/C15H24N4O2.HI/c1-4-17-15(19-11(2)10-21-3)18-9-12-6-5-7-13(8-12)14(16)20;/h5-8,11H,4,9-10H2,1-3H3,(H2,16,20)(H2,17,18,19);1H. The Hall–Kier alpha value is -1.35. The SMILES string of the molecule is CCNC(=NCc1cccc(C(N)=O)c1)NC(C)COC.I. The number of ether oxygens (including phenoxy) is 1. The predicted molar refractivity (Wildman–Crippen MR) is 99.7 cm³/mol. The Kier molecular flexibility index (Phi) is 10.6. The van der Waals surface area contributed by atoms with Gasteiger partial charge < -0.3 is 21.1 Å². The molecule has 0 saturated heterocycles. The molecule has 0 aromatic heterocycles. The Morgan fingerprint density at radius 2 is 2.18 bits per heavy atom. The molecule has 0 heterocycles. The Morgan fingerprint density at radius 1 is 1.45 bits per heavy atom. The van der Waals surface area contributed by atoms with Crippen molar-refractivity contribution in [3.05, 3.63) is 35.4 Å². The van der Waals surface area contributed by atoms with Crippen LogP contribution in [0.25, 0.3) is 0 Å². The molecule has 6 nitrogen and oxygen atoms in total. The summed E-state index contributed by atoms with van der Waals surface area (Å²) in [5.74, 6) is 0.283. The van der Waals surface area contributed by atoms with Crippen LogP contribution >= 0.6 is 24.0 Å². The van der Waals surface area contributed by atoms with Gasteiger partial charge in [0, 0.05) is 25.3 Å². The van der Waals surface area contributed by atoms with Crippen molar-refractivity contribution >= 4 is 35.8 Å². The third kappa shape index (κ3) is 7.60. The molecule has 0 radical (unpaired) electrons. The highest BCUT2D eigenvalue weighted by Crippen LogP contribution is 2.06. The van der Waals surface area contributed by atoms with Gasteiger partial charge in [-0.3, -0.25) is 4.79 Å². The van der Waals surface area contributed by atoms with E-state index in [-0.39, 0.29) is 30.0 Å². The van der Waals surface area contributed by atoms with Crippen molar-refractivity contribution < 1.29 is 9.53 Å². The number of carbonyl (C=O) groups is 1. The third-order valence-corrected chi connectivity index (χ3v) is 2.78. The number of nitrogens with two attached hydrogens (primary N) is 1.